The van der Waals surface area contributed by atoms with Crippen molar-refractivity contribution in [3.63, 3.8) is 0 Å². The second-order valence-electron chi connectivity index (χ2n) is 5.39. The Bertz CT molecular complexity index is 535. The van der Waals surface area contributed by atoms with Crippen molar-refractivity contribution in [1.29, 1.82) is 0 Å². The fraction of sp³-hybridized carbons (Fsp3) is 0.438. The van der Waals surface area contributed by atoms with E-state index in [0.29, 0.717) is 6.04 Å². The van der Waals surface area contributed by atoms with E-state index in [1.54, 1.807) is 11.3 Å². The molecule has 2 aromatic rings. The lowest BCUT2D eigenvalue weighted by Gasteiger charge is -2.19. The summed E-state index contributed by atoms with van der Waals surface area (Å²) in [5.74, 6) is 1.03. The zero-order valence-electron chi connectivity index (χ0n) is 12.7. The van der Waals surface area contributed by atoms with Gasteiger partial charge in [-0.05, 0) is 30.0 Å². The second-order valence-corrected chi connectivity index (χ2v) is 6.42. The van der Waals surface area contributed by atoms with E-state index >= 15 is 0 Å². The number of hydrogen-bond donors (Lipinski definition) is 1. The van der Waals surface area contributed by atoms with Gasteiger partial charge < -0.3 is 10.2 Å². The molecule has 2 heterocycles. The quantitative estimate of drug-likeness (QED) is 0.881. The predicted molar refractivity (Wildman–Crippen MR) is 87.4 cm³/mol. The highest BCUT2D eigenvalue weighted by atomic mass is 32.1. The summed E-state index contributed by atoms with van der Waals surface area (Å²) in [6.45, 7) is 8.19. The molecule has 0 saturated carbocycles. The molecular weight excluding hydrogens is 266 g/mol. The van der Waals surface area contributed by atoms with E-state index in [9.17, 15) is 0 Å². The number of rotatable bonds is 6. The van der Waals surface area contributed by atoms with Crippen molar-refractivity contribution in [2.75, 3.05) is 11.9 Å². The summed E-state index contributed by atoms with van der Waals surface area (Å²) < 4.78 is 0. The Labute approximate surface area is 125 Å². The summed E-state index contributed by atoms with van der Waals surface area (Å²) in [6.07, 6.45) is 0. The molecule has 2 rings (SSSR count). The van der Waals surface area contributed by atoms with Crippen LogP contribution in [0, 0.1) is 6.92 Å². The molecule has 108 valence electrons. The van der Waals surface area contributed by atoms with Gasteiger partial charge in [0.2, 0.25) is 0 Å². The Kier molecular flexibility index (Phi) is 5.15. The van der Waals surface area contributed by atoms with Crippen LogP contribution in [-0.4, -0.2) is 18.1 Å². The lowest BCUT2D eigenvalue weighted by molar-refractivity contribution is 0.586. The SMILES string of the molecule is Cc1nc(N(C)Cc2cccs2)ccc1CNC(C)C. The van der Waals surface area contributed by atoms with Gasteiger partial charge in [-0.3, -0.25) is 0 Å². The van der Waals surface area contributed by atoms with Gasteiger partial charge in [0.15, 0.2) is 0 Å². The van der Waals surface area contributed by atoms with Gasteiger partial charge >= 0.3 is 0 Å². The maximum absolute atomic E-state index is 4.72. The number of hydrogen-bond acceptors (Lipinski definition) is 4. The monoisotopic (exact) mass is 289 g/mol. The zero-order valence-corrected chi connectivity index (χ0v) is 13.5. The molecule has 20 heavy (non-hydrogen) atoms. The number of nitrogens with zero attached hydrogens (tertiary/aromatic N) is 2. The van der Waals surface area contributed by atoms with Crippen LogP contribution in [-0.2, 0) is 13.1 Å². The van der Waals surface area contributed by atoms with Crippen molar-refractivity contribution in [2.45, 2.75) is 39.9 Å². The number of aromatic nitrogens is 1. The van der Waals surface area contributed by atoms with Crippen molar-refractivity contribution in [3.8, 4) is 0 Å². The molecular formula is C16H23N3S. The standard InChI is InChI=1S/C16H23N3S/c1-12(2)17-10-14-7-8-16(18-13(14)3)19(4)11-15-6-5-9-20-15/h5-9,12,17H,10-11H2,1-4H3. The van der Waals surface area contributed by atoms with Gasteiger partial charge in [-0.2, -0.15) is 0 Å². The van der Waals surface area contributed by atoms with Crippen LogP contribution in [0.4, 0.5) is 5.82 Å². The lowest BCUT2D eigenvalue weighted by Crippen LogP contribution is -2.23. The summed E-state index contributed by atoms with van der Waals surface area (Å²) in [5.41, 5.74) is 2.38. The van der Waals surface area contributed by atoms with Gasteiger partial charge in [0, 0.05) is 30.2 Å². The fourth-order valence-corrected chi connectivity index (χ4v) is 2.76. The third kappa shape index (κ3) is 4.05. The average molecular weight is 289 g/mol. The maximum atomic E-state index is 4.72. The van der Waals surface area contributed by atoms with Crippen LogP contribution in [0.3, 0.4) is 0 Å². The molecule has 0 aliphatic rings. The molecule has 0 aliphatic carbocycles. The van der Waals surface area contributed by atoms with Gasteiger partial charge in [0.1, 0.15) is 5.82 Å². The highest BCUT2D eigenvalue weighted by Crippen LogP contribution is 2.18. The normalized spacial score (nSPS) is 11.1. The fourth-order valence-electron chi connectivity index (χ4n) is 2.01. The number of aryl methyl sites for hydroxylation is 1. The van der Waals surface area contributed by atoms with E-state index in [0.717, 1.165) is 24.6 Å². The molecule has 0 spiro atoms. The molecule has 0 atom stereocenters. The number of pyridine rings is 1. The van der Waals surface area contributed by atoms with Crippen LogP contribution < -0.4 is 10.2 Å². The van der Waals surface area contributed by atoms with E-state index in [1.807, 2.05) is 0 Å². The number of nitrogens with one attached hydrogen (secondary N) is 1. The average Bonchev–Trinajstić information content (AvgIpc) is 2.89. The molecule has 0 radical (unpaired) electrons. The molecule has 0 saturated heterocycles. The van der Waals surface area contributed by atoms with Crippen LogP contribution in [0.2, 0.25) is 0 Å². The van der Waals surface area contributed by atoms with Crippen molar-refractivity contribution < 1.29 is 0 Å². The summed E-state index contributed by atoms with van der Waals surface area (Å²) in [5, 5.41) is 5.55. The maximum Gasteiger partial charge on any atom is 0.128 e. The van der Waals surface area contributed by atoms with Crippen LogP contribution in [0.5, 0.6) is 0 Å². The minimum absolute atomic E-state index is 0.496. The molecule has 0 aliphatic heterocycles. The van der Waals surface area contributed by atoms with Gasteiger partial charge in [-0.15, -0.1) is 11.3 Å². The van der Waals surface area contributed by atoms with Crippen molar-refractivity contribution in [3.05, 3.63) is 45.8 Å². The summed E-state index contributed by atoms with van der Waals surface area (Å²) >= 11 is 1.79. The Morgan fingerprint density at radius 1 is 1.30 bits per heavy atom. The van der Waals surface area contributed by atoms with Gasteiger partial charge in [-0.25, -0.2) is 4.98 Å². The van der Waals surface area contributed by atoms with Crippen LogP contribution in [0.1, 0.15) is 30.0 Å². The van der Waals surface area contributed by atoms with Crippen molar-refractivity contribution in [1.82, 2.24) is 10.3 Å². The highest BCUT2D eigenvalue weighted by molar-refractivity contribution is 7.09. The first-order valence-corrected chi connectivity index (χ1v) is 7.87. The van der Waals surface area contributed by atoms with Crippen LogP contribution in [0.15, 0.2) is 29.6 Å². The number of anilines is 1. The molecule has 2 aromatic heterocycles. The Morgan fingerprint density at radius 2 is 2.10 bits per heavy atom. The summed E-state index contributed by atoms with van der Waals surface area (Å²) in [7, 11) is 2.09. The first-order chi connectivity index (χ1) is 9.56. The van der Waals surface area contributed by atoms with Crippen molar-refractivity contribution >= 4 is 17.2 Å². The lowest BCUT2D eigenvalue weighted by atomic mass is 10.2. The number of thiophene rings is 1. The molecule has 0 unspecified atom stereocenters. The smallest absolute Gasteiger partial charge is 0.128 e. The third-order valence-corrected chi connectivity index (χ3v) is 4.11. The van der Waals surface area contributed by atoms with Gasteiger partial charge in [-0.1, -0.05) is 26.0 Å². The molecule has 0 bridgehead atoms. The first-order valence-electron chi connectivity index (χ1n) is 6.99. The molecule has 0 aromatic carbocycles. The second kappa shape index (κ2) is 6.86. The first kappa shape index (κ1) is 15.0. The zero-order chi connectivity index (χ0) is 14.5. The van der Waals surface area contributed by atoms with E-state index in [4.69, 9.17) is 4.98 Å². The molecule has 3 nitrogen and oxygen atoms in total. The predicted octanol–water partition coefficient (Wildman–Crippen LogP) is 3.59. The van der Waals surface area contributed by atoms with E-state index in [-0.39, 0.29) is 0 Å². The molecule has 4 heteroatoms. The molecule has 0 amide bonds. The highest BCUT2D eigenvalue weighted by Gasteiger charge is 2.07. The largest absolute Gasteiger partial charge is 0.355 e. The third-order valence-electron chi connectivity index (χ3n) is 3.25. The topological polar surface area (TPSA) is 28.2 Å². The van der Waals surface area contributed by atoms with E-state index in [2.05, 4.69) is 67.7 Å². The molecule has 1 N–H and O–H groups in total. The Balaban J connectivity index is 2.04. The summed E-state index contributed by atoms with van der Waals surface area (Å²) in [4.78, 5) is 8.27. The molecule has 0 fully saturated rings. The Hall–Kier alpha value is -1.39. The van der Waals surface area contributed by atoms with E-state index in [1.165, 1.54) is 10.4 Å². The minimum atomic E-state index is 0.496. The Morgan fingerprint density at radius 3 is 2.70 bits per heavy atom. The van der Waals surface area contributed by atoms with Gasteiger partial charge in [0.05, 0.1) is 6.54 Å². The van der Waals surface area contributed by atoms with Crippen LogP contribution >= 0.6 is 11.3 Å². The van der Waals surface area contributed by atoms with E-state index < -0.39 is 0 Å². The van der Waals surface area contributed by atoms with Crippen molar-refractivity contribution in [2.24, 2.45) is 0 Å². The minimum Gasteiger partial charge on any atom is -0.355 e. The van der Waals surface area contributed by atoms with Gasteiger partial charge in [0.25, 0.3) is 0 Å². The summed E-state index contributed by atoms with van der Waals surface area (Å²) in [6, 6.07) is 9.04. The van der Waals surface area contributed by atoms with Crippen LogP contribution in [0.25, 0.3) is 0 Å².